The van der Waals surface area contributed by atoms with Crippen molar-refractivity contribution in [2.45, 2.75) is 17.2 Å². The Morgan fingerprint density at radius 2 is 2.00 bits per heavy atom. The van der Waals surface area contributed by atoms with Crippen molar-refractivity contribution in [1.82, 2.24) is 0 Å². The molecule has 2 atom stereocenters. The molecule has 0 radical (unpaired) electrons. The molecule has 1 aromatic carbocycles. The van der Waals surface area contributed by atoms with Gasteiger partial charge < -0.3 is 5.73 Å². The van der Waals surface area contributed by atoms with Crippen LogP contribution in [0.15, 0.2) is 46.0 Å². The smallest absolute Gasteiger partial charge is 0.0911 e. The Labute approximate surface area is 108 Å². The quantitative estimate of drug-likeness (QED) is 0.923. The number of nitrogens with two attached hydrogens (primary N) is 1. The zero-order valence-electron chi connectivity index (χ0n) is 9.63. The number of thiophene rings is 1. The molecule has 0 spiro atoms. The van der Waals surface area contributed by atoms with Crippen molar-refractivity contribution >= 4 is 22.1 Å². The highest BCUT2D eigenvalue weighted by Crippen LogP contribution is 2.19. The van der Waals surface area contributed by atoms with Crippen molar-refractivity contribution in [2.75, 3.05) is 5.75 Å². The van der Waals surface area contributed by atoms with Crippen LogP contribution in [0.2, 0.25) is 0 Å². The molecule has 2 unspecified atom stereocenters. The van der Waals surface area contributed by atoms with Crippen molar-refractivity contribution in [3.8, 4) is 0 Å². The zero-order chi connectivity index (χ0) is 12.3. The van der Waals surface area contributed by atoms with E-state index in [0.29, 0.717) is 5.75 Å². The number of hydrogen-bond acceptors (Lipinski definition) is 3. The summed E-state index contributed by atoms with van der Waals surface area (Å²) in [6.45, 7) is 2.04. The molecule has 2 rings (SSSR count). The van der Waals surface area contributed by atoms with Crippen molar-refractivity contribution in [3.05, 3.63) is 52.9 Å². The Hall–Kier alpha value is -0.970. The van der Waals surface area contributed by atoms with E-state index in [0.717, 1.165) is 9.77 Å². The molecule has 4 heteroatoms. The van der Waals surface area contributed by atoms with Crippen LogP contribution in [0.1, 0.15) is 17.2 Å². The second-order valence-electron chi connectivity index (χ2n) is 3.96. The summed E-state index contributed by atoms with van der Waals surface area (Å²) in [5, 5.41) is 1.94. The highest BCUT2D eigenvalue weighted by molar-refractivity contribution is 7.87. The summed E-state index contributed by atoms with van der Waals surface area (Å²) in [5.41, 5.74) is 8.31. The van der Waals surface area contributed by atoms with Crippen molar-refractivity contribution in [3.63, 3.8) is 0 Å². The fraction of sp³-hybridized carbons (Fsp3) is 0.231. The van der Waals surface area contributed by atoms with Crippen LogP contribution in [0, 0.1) is 6.92 Å². The molecular formula is C13H15NOS2. The first kappa shape index (κ1) is 12.5. The lowest BCUT2D eigenvalue weighted by molar-refractivity contribution is 0.676. The van der Waals surface area contributed by atoms with Crippen LogP contribution in [-0.4, -0.2) is 9.96 Å². The number of aryl methyl sites for hydroxylation is 1. The van der Waals surface area contributed by atoms with Gasteiger partial charge in [-0.15, -0.1) is 11.3 Å². The van der Waals surface area contributed by atoms with Crippen LogP contribution >= 0.6 is 11.3 Å². The minimum absolute atomic E-state index is 0.168. The highest BCUT2D eigenvalue weighted by Gasteiger charge is 2.12. The predicted octanol–water partition coefficient (Wildman–Crippen LogP) is 2.86. The van der Waals surface area contributed by atoms with Gasteiger partial charge in [0.15, 0.2) is 0 Å². The molecule has 90 valence electrons. The van der Waals surface area contributed by atoms with Gasteiger partial charge in [0.1, 0.15) is 0 Å². The van der Waals surface area contributed by atoms with Gasteiger partial charge in [-0.05, 0) is 23.9 Å². The third-order valence-corrected chi connectivity index (χ3v) is 5.31. The maximum atomic E-state index is 12.0. The van der Waals surface area contributed by atoms with E-state index >= 15 is 0 Å². The summed E-state index contributed by atoms with van der Waals surface area (Å²) in [6, 6.07) is 11.7. The van der Waals surface area contributed by atoms with E-state index in [1.807, 2.05) is 48.7 Å². The van der Waals surface area contributed by atoms with E-state index in [9.17, 15) is 4.21 Å². The summed E-state index contributed by atoms with van der Waals surface area (Å²) in [6.07, 6.45) is 0. The second-order valence-corrected chi connectivity index (χ2v) is 6.63. The van der Waals surface area contributed by atoms with E-state index in [1.54, 1.807) is 0 Å². The standard InChI is InChI=1S/C13H15NOS2/c1-10-4-6-11(7-5-10)12(14)9-17(15)13-3-2-8-16-13/h2-8,12H,9,14H2,1H3. The Bertz CT molecular complexity index is 491. The van der Waals surface area contributed by atoms with Crippen molar-refractivity contribution in [2.24, 2.45) is 5.73 Å². The highest BCUT2D eigenvalue weighted by atomic mass is 32.2. The van der Waals surface area contributed by atoms with Gasteiger partial charge in [-0.1, -0.05) is 35.9 Å². The van der Waals surface area contributed by atoms with Gasteiger partial charge in [-0.3, -0.25) is 4.21 Å². The summed E-state index contributed by atoms with van der Waals surface area (Å²) in [5.74, 6) is 0.476. The Balaban J connectivity index is 2.04. The van der Waals surface area contributed by atoms with Crippen LogP contribution in [0.25, 0.3) is 0 Å². The van der Waals surface area contributed by atoms with Gasteiger partial charge in [-0.25, -0.2) is 0 Å². The van der Waals surface area contributed by atoms with E-state index < -0.39 is 10.8 Å². The summed E-state index contributed by atoms with van der Waals surface area (Å²) in [7, 11) is -0.995. The van der Waals surface area contributed by atoms with E-state index in [1.165, 1.54) is 16.9 Å². The van der Waals surface area contributed by atoms with E-state index in [4.69, 9.17) is 5.73 Å². The van der Waals surface area contributed by atoms with Crippen LogP contribution in [-0.2, 0) is 10.8 Å². The fourth-order valence-electron chi connectivity index (χ4n) is 1.55. The fourth-order valence-corrected chi connectivity index (χ4v) is 3.71. The van der Waals surface area contributed by atoms with Gasteiger partial charge in [0.25, 0.3) is 0 Å². The molecule has 0 saturated heterocycles. The van der Waals surface area contributed by atoms with Crippen LogP contribution in [0.3, 0.4) is 0 Å². The first-order valence-corrected chi connectivity index (χ1v) is 7.60. The molecular weight excluding hydrogens is 250 g/mol. The average molecular weight is 265 g/mol. The third-order valence-electron chi connectivity index (χ3n) is 2.56. The molecule has 2 nitrogen and oxygen atoms in total. The van der Waals surface area contributed by atoms with E-state index in [-0.39, 0.29) is 6.04 Å². The Kier molecular flexibility index (Phi) is 4.10. The number of rotatable bonds is 4. The van der Waals surface area contributed by atoms with Crippen LogP contribution in [0.5, 0.6) is 0 Å². The molecule has 0 saturated carbocycles. The molecule has 0 aliphatic rings. The topological polar surface area (TPSA) is 43.1 Å². The monoisotopic (exact) mass is 265 g/mol. The van der Waals surface area contributed by atoms with Crippen LogP contribution in [0.4, 0.5) is 0 Å². The predicted molar refractivity (Wildman–Crippen MR) is 73.7 cm³/mol. The first-order chi connectivity index (χ1) is 8.16. The Morgan fingerprint density at radius 1 is 1.29 bits per heavy atom. The molecule has 17 heavy (non-hydrogen) atoms. The summed E-state index contributed by atoms with van der Waals surface area (Å²) in [4.78, 5) is 0. The first-order valence-electron chi connectivity index (χ1n) is 5.41. The molecule has 0 bridgehead atoms. The lowest BCUT2D eigenvalue weighted by atomic mass is 10.1. The van der Waals surface area contributed by atoms with Crippen LogP contribution < -0.4 is 5.73 Å². The SMILES string of the molecule is Cc1ccc(C(N)CS(=O)c2cccs2)cc1. The Morgan fingerprint density at radius 3 is 2.59 bits per heavy atom. The molecule has 0 amide bonds. The minimum atomic E-state index is -0.995. The van der Waals surface area contributed by atoms with Crippen molar-refractivity contribution in [1.29, 1.82) is 0 Å². The van der Waals surface area contributed by atoms with Gasteiger partial charge in [0.2, 0.25) is 0 Å². The van der Waals surface area contributed by atoms with E-state index in [2.05, 4.69) is 0 Å². The molecule has 0 aliphatic carbocycles. The summed E-state index contributed by atoms with van der Waals surface area (Å²) < 4.78 is 12.9. The van der Waals surface area contributed by atoms with Gasteiger partial charge in [-0.2, -0.15) is 0 Å². The number of benzene rings is 1. The maximum absolute atomic E-state index is 12.0. The molecule has 0 fully saturated rings. The molecule has 2 N–H and O–H groups in total. The normalized spacial score (nSPS) is 14.5. The van der Waals surface area contributed by atoms with Gasteiger partial charge >= 0.3 is 0 Å². The third kappa shape index (κ3) is 3.25. The average Bonchev–Trinajstić information content (AvgIpc) is 2.83. The molecule has 0 aliphatic heterocycles. The maximum Gasteiger partial charge on any atom is 0.0911 e. The number of hydrogen-bond donors (Lipinski definition) is 1. The molecule has 1 heterocycles. The summed E-state index contributed by atoms with van der Waals surface area (Å²) >= 11 is 1.51. The van der Waals surface area contributed by atoms with Gasteiger partial charge in [0, 0.05) is 11.8 Å². The van der Waals surface area contributed by atoms with Gasteiger partial charge in [0.05, 0.1) is 15.0 Å². The molecule has 2 aromatic rings. The van der Waals surface area contributed by atoms with Crippen molar-refractivity contribution < 1.29 is 4.21 Å². The lowest BCUT2D eigenvalue weighted by Crippen LogP contribution is -2.17. The molecule has 1 aromatic heterocycles. The minimum Gasteiger partial charge on any atom is -0.323 e. The lowest BCUT2D eigenvalue weighted by Gasteiger charge is -2.11. The largest absolute Gasteiger partial charge is 0.323 e. The zero-order valence-corrected chi connectivity index (χ0v) is 11.3. The second kappa shape index (κ2) is 5.58.